The number of para-hydroxylation sites is 1. The lowest BCUT2D eigenvalue weighted by Crippen LogP contribution is -2.27. The van der Waals surface area contributed by atoms with E-state index in [-0.39, 0.29) is 18.1 Å². The average Bonchev–Trinajstić information content (AvgIpc) is 2.89. The van der Waals surface area contributed by atoms with E-state index in [1.54, 1.807) is 44.3 Å². The Bertz CT molecular complexity index is 1330. The highest BCUT2D eigenvalue weighted by Gasteiger charge is 2.23. The van der Waals surface area contributed by atoms with E-state index in [9.17, 15) is 9.59 Å². The first-order chi connectivity index (χ1) is 17.4. The van der Waals surface area contributed by atoms with E-state index in [1.807, 2.05) is 12.1 Å². The number of fused-ring (bicyclic) bond motifs is 1. The maximum Gasteiger partial charge on any atom is 0.347 e. The quantitative estimate of drug-likeness (QED) is 0.272. The van der Waals surface area contributed by atoms with Crippen molar-refractivity contribution in [2.75, 3.05) is 13.7 Å². The van der Waals surface area contributed by atoms with Gasteiger partial charge in [-0.1, -0.05) is 41.3 Å². The number of hydrogen-bond acceptors (Lipinski definition) is 7. The number of carbonyl (C=O) groups excluding carboxylic acids is 1. The average molecular weight is 556 g/mol. The van der Waals surface area contributed by atoms with Gasteiger partial charge in [0.1, 0.15) is 5.82 Å². The van der Waals surface area contributed by atoms with Crippen molar-refractivity contribution in [2.24, 2.45) is 5.10 Å². The van der Waals surface area contributed by atoms with Gasteiger partial charge in [0.05, 0.1) is 30.8 Å². The molecule has 190 valence electrons. The van der Waals surface area contributed by atoms with Gasteiger partial charge in [-0.05, 0) is 57.0 Å². The summed E-state index contributed by atoms with van der Waals surface area (Å²) in [7, 11) is 1.52. The summed E-state index contributed by atoms with van der Waals surface area (Å²) in [6.45, 7) is 3.61. The molecule has 0 saturated heterocycles. The molecule has 4 rings (SSSR count). The maximum atomic E-state index is 13.6. The summed E-state index contributed by atoms with van der Waals surface area (Å²) in [5, 5.41) is 5.09. The monoisotopic (exact) mass is 555 g/mol. The first-order valence-corrected chi connectivity index (χ1v) is 13.0. The van der Waals surface area contributed by atoms with Crippen LogP contribution in [0.3, 0.4) is 0 Å². The maximum absolute atomic E-state index is 13.6. The van der Waals surface area contributed by atoms with Crippen LogP contribution in [0.25, 0.3) is 10.9 Å². The van der Waals surface area contributed by atoms with Crippen LogP contribution in [0.15, 0.2) is 50.8 Å². The zero-order valence-corrected chi connectivity index (χ0v) is 22.3. The molecule has 0 bridgehead atoms. The molecule has 1 heterocycles. The summed E-state index contributed by atoms with van der Waals surface area (Å²) >= 11 is 3.45. The molecule has 9 heteroatoms. The second kappa shape index (κ2) is 11.7. The Morgan fingerprint density at radius 3 is 2.75 bits per heavy atom. The molecule has 0 N–H and O–H groups in total. The van der Waals surface area contributed by atoms with Crippen LogP contribution in [-0.4, -0.2) is 41.7 Å². The predicted octanol–water partition coefficient (Wildman–Crippen LogP) is 5.43. The second-order valence-corrected chi connectivity index (χ2v) is 9.63. The van der Waals surface area contributed by atoms with Gasteiger partial charge in [-0.2, -0.15) is 9.78 Å². The van der Waals surface area contributed by atoms with Gasteiger partial charge >= 0.3 is 5.97 Å². The predicted molar refractivity (Wildman–Crippen MR) is 142 cm³/mol. The fraction of sp³-hybridized carbons (Fsp3) is 0.407. The SMILES string of the molecule is CCOC(=O)[C@H](C)Oc1c(C=Nn2c(C3CCCCC3)nc3ccc(Br)cc3c2=O)cccc1OC. The number of benzene rings is 2. The van der Waals surface area contributed by atoms with Crippen molar-refractivity contribution in [3.05, 3.63) is 62.6 Å². The van der Waals surface area contributed by atoms with Gasteiger partial charge < -0.3 is 14.2 Å². The van der Waals surface area contributed by atoms with Gasteiger partial charge in [-0.25, -0.2) is 9.78 Å². The van der Waals surface area contributed by atoms with E-state index >= 15 is 0 Å². The first kappa shape index (κ1) is 25.9. The number of methoxy groups -OCH3 is 1. The number of hydrogen-bond donors (Lipinski definition) is 0. The molecular weight excluding hydrogens is 526 g/mol. The molecule has 1 aliphatic carbocycles. The third-order valence-electron chi connectivity index (χ3n) is 6.26. The van der Waals surface area contributed by atoms with Gasteiger partial charge in [0.15, 0.2) is 17.6 Å². The number of halogens is 1. The Hall–Kier alpha value is -3.20. The van der Waals surface area contributed by atoms with Crippen molar-refractivity contribution in [2.45, 2.75) is 58.0 Å². The van der Waals surface area contributed by atoms with E-state index in [0.717, 1.165) is 30.2 Å². The number of aromatic nitrogens is 2. The highest BCUT2D eigenvalue weighted by molar-refractivity contribution is 9.10. The summed E-state index contributed by atoms with van der Waals surface area (Å²) in [6.07, 6.45) is 6.02. The lowest BCUT2D eigenvalue weighted by molar-refractivity contribution is -0.150. The minimum atomic E-state index is -0.853. The normalized spacial score (nSPS) is 15.2. The Labute approximate surface area is 218 Å². The lowest BCUT2D eigenvalue weighted by atomic mass is 9.88. The Morgan fingerprint density at radius 1 is 1.25 bits per heavy atom. The van der Waals surface area contributed by atoms with E-state index in [0.29, 0.717) is 33.8 Å². The molecule has 1 atom stereocenters. The minimum Gasteiger partial charge on any atom is -0.493 e. The lowest BCUT2D eigenvalue weighted by Gasteiger charge is -2.23. The molecule has 8 nitrogen and oxygen atoms in total. The van der Waals surface area contributed by atoms with Gasteiger partial charge in [0.25, 0.3) is 5.56 Å². The number of ether oxygens (including phenoxy) is 3. The summed E-state index contributed by atoms with van der Waals surface area (Å²) in [5.41, 5.74) is 0.980. The molecule has 1 aromatic heterocycles. The largest absolute Gasteiger partial charge is 0.493 e. The molecular formula is C27H30BrN3O5. The molecule has 0 radical (unpaired) electrons. The molecule has 1 fully saturated rings. The minimum absolute atomic E-state index is 0.154. The van der Waals surface area contributed by atoms with E-state index in [2.05, 4.69) is 21.0 Å². The van der Waals surface area contributed by atoms with Crippen LogP contribution < -0.4 is 15.0 Å². The van der Waals surface area contributed by atoms with Crippen LogP contribution in [0.1, 0.15) is 63.3 Å². The number of carbonyl (C=O) groups is 1. The molecule has 1 aliphatic rings. The Balaban J connectivity index is 1.80. The number of esters is 1. The Kier molecular flexibility index (Phi) is 8.40. The van der Waals surface area contributed by atoms with Crippen molar-refractivity contribution in [3.63, 3.8) is 0 Å². The van der Waals surface area contributed by atoms with Crippen molar-refractivity contribution in [1.82, 2.24) is 9.66 Å². The van der Waals surface area contributed by atoms with E-state index in [1.165, 1.54) is 18.2 Å². The molecule has 0 spiro atoms. The van der Waals surface area contributed by atoms with Crippen LogP contribution in [0.4, 0.5) is 0 Å². The van der Waals surface area contributed by atoms with Crippen LogP contribution >= 0.6 is 15.9 Å². The van der Waals surface area contributed by atoms with E-state index in [4.69, 9.17) is 19.2 Å². The first-order valence-electron chi connectivity index (χ1n) is 12.2. The fourth-order valence-corrected chi connectivity index (χ4v) is 4.79. The molecule has 1 saturated carbocycles. The van der Waals surface area contributed by atoms with Crippen LogP contribution in [0, 0.1) is 0 Å². The molecule has 0 unspecified atom stereocenters. The molecule has 0 amide bonds. The number of rotatable bonds is 8. The Morgan fingerprint density at radius 2 is 2.03 bits per heavy atom. The highest BCUT2D eigenvalue weighted by Crippen LogP contribution is 2.33. The molecule has 36 heavy (non-hydrogen) atoms. The molecule has 3 aromatic rings. The summed E-state index contributed by atoms with van der Waals surface area (Å²) < 4.78 is 18.7. The number of nitrogens with zero attached hydrogens (tertiary/aromatic N) is 3. The van der Waals surface area contributed by atoms with Gasteiger partial charge in [-0.3, -0.25) is 4.79 Å². The van der Waals surface area contributed by atoms with Crippen molar-refractivity contribution < 1.29 is 19.0 Å². The van der Waals surface area contributed by atoms with Crippen molar-refractivity contribution in [1.29, 1.82) is 0 Å². The summed E-state index contributed by atoms with van der Waals surface area (Å²) in [6, 6.07) is 10.8. The highest BCUT2D eigenvalue weighted by atomic mass is 79.9. The standard InChI is InChI=1S/C27H30BrN3O5/c1-4-35-27(33)17(2)36-24-19(11-8-12-23(24)34-3)16-29-31-25(18-9-6-5-7-10-18)30-22-14-13-20(28)15-21(22)26(31)32/h8,11-18H,4-7,9-10H2,1-3H3/t17-/m0/s1. The van der Waals surface area contributed by atoms with Crippen LogP contribution in [-0.2, 0) is 9.53 Å². The van der Waals surface area contributed by atoms with Gasteiger partial charge in [0, 0.05) is 16.0 Å². The van der Waals surface area contributed by atoms with E-state index < -0.39 is 12.1 Å². The van der Waals surface area contributed by atoms with Crippen molar-refractivity contribution >= 4 is 39.0 Å². The van der Waals surface area contributed by atoms with Crippen molar-refractivity contribution in [3.8, 4) is 11.5 Å². The smallest absolute Gasteiger partial charge is 0.347 e. The zero-order chi connectivity index (χ0) is 25.7. The topological polar surface area (TPSA) is 92.0 Å². The summed E-state index contributed by atoms with van der Waals surface area (Å²) in [5.74, 6) is 1.12. The van der Waals surface area contributed by atoms with Gasteiger partial charge in [0.2, 0.25) is 0 Å². The third-order valence-corrected chi connectivity index (χ3v) is 6.75. The van der Waals surface area contributed by atoms with Crippen LogP contribution in [0.2, 0.25) is 0 Å². The fourth-order valence-electron chi connectivity index (χ4n) is 4.43. The zero-order valence-electron chi connectivity index (χ0n) is 20.7. The third kappa shape index (κ3) is 5.61. The second-order valence-electron chi connectivity index (χ2n) is 8.72. The molecule has 2 aromatic carbocycles. The molecule has 0 aliphatic heterocycles. The summed E-state index contributed by atoms with van der Waals surface area (Å²) in [4.78, 5) is 30.6. The van der Waals surface area contributed by atoms with Gasteiger partial charge in [-0.15, -0.1) is 0 Å². The van der Waals surface area contributed by atoms with Crippen LogP contribution in [0.5, 0.6) is 11.5 Å².